The second kappa shape index (κ2) is 6.51. The number of esters is 1. The molecule has 2 heterocycles. The summed E-state index contributed by atoms with van der Waals surface area (Å²) in [6.45, 7) is 0. The van der Waals surface area contributed by atoms with E-state index in [-0.39, 0.29) is 11.4 Å². The van der Waals surface area contributed by atoms with Gasteiger partial charge in [-0.25, -0.2) is 4.79 Å². The first-order valence-electron chi connectivity index (χ1n) is 6.13. The number of H-pyrrole nitrogens is 1. The van der Waals surface area contributed by atoms with Gasteiger partial charge in [0.15, 0.2) is 5.88 Å². The number of ether oxygens (including phenoxy) is 2. The second-order valence-electron chi connectivity index (χ2n) is 4.10. The molecule has 2 aromatic rings. The van der Waals surface area contributed by atoms with Crippen LogP contribution in [0, 0.1) is 0 Å². The van der Waals surface area contributed by atoms with E-state index >= 15 is 0 Å². The molecule has 0 atom stereocenters. The van der Waals surface area contributed by atoms with Gasteiger partial charge < -0.3 is 14.5 Å². The molecule has 0 saturated heterocycles. The van der Waals surface area contributed by atoms with Crippen LogP contribution in [0.1, 0.15) is 21.6 Å². The molecular weight excluding hydrogens is 272 g/mol. The Morgan fingerprint density at radius 1 is 1.33 bits per heavy atom. The SMILES string of the molecule is COC(=O)c1c(/C=C\c2cccnc2)[nH]c(OC)cc1=O. The zero-order valence-corrected chi connectivity index (χ0v) is 11.6. The van der Waals surface area contributed by atoms with Gasteiger partial charge in [-0.3, -0.25) is 9.78 Å². The van der Waals surface area contributed by atoms with E-state index in [1.165, 1.54) is 20.3 Å². The molecule has 0 fully saturated rings. The summed E-state index contributed by atoms with van der Waals surface area (Å²) in [4.78, 5) is 30.6. The minimum absolute atomic E-state index is 0.0709. The minimum Gasteiger partial charge on any atom is -0.482 e. The van der Waals surface area contributed by atoms with Crippen molar-refractivity contribution in [1.29, 1.82) is 0 Å². The van der Waals surface area contributed by atoms with E-state index < -0.39 is 11.4 Å². The molecule has 0 aromatic carbocycles. The molecule has 0 aliphatic carbocycles. The highest BCUT2D eigenvalue weighted by molar-refractivity contribution is 5.93. The number of aromatic nitrogens is 2. The highest BCUT2D eigenvalue weighted by Gasteiger charge is 2.16. The average Bonchev–Trinajstić information content (AvgIpc) is 2.52. The van der Waals surface area contributed by atoms with E-state index in [4.69, 9.17) is 4.74 Å². The van der Waals surface area contributed by atoms with Crippen LogP contribution in [0.3, 0.4) is 0 Å². The number of carbonyl (C=O) groups is 1. The third-order valence-electron chi connectivity index (χ3n) is 2.77. The second-order valence-corrected chi connectivity index (χ2v) is 4.10. The molecule has 1 N–H and O–H groups in total. The molecule has 2 aromatic heterocycles. The van der Waals surface area contributed by atoms with Gasteiger partial charge in [0.1, 0.15) is 5.56 Å². The number of nitrogens with zero attached hydrogens (tertiary/aromatic N) is 1. The van der Waals surface area contributed by atoms with Crippen LogP contribution >= 0.6 is 0 Å². The molecule has 0 aliphatic heterocycles. The maximum absolute atomic E-state index is 12.0. The lowest BCUT2D eigenvalue weighted by molar-refractivity contribution is 0.0598. The van der Waals surface area contributed by atoms with E-state index in [9.17, 15) is 9.59 Å². The van der Waals surface area contributed by atoms with Gasteiger partial charge in [0.05, 0.1) is 19.9 Å². The van der Waals surface area contributed by atoms with Crippen molar-refractivity contribution in [3.05, 3.63) is 57.6 Å². The van der Waals surface area contributed by atoms with Crippen molar-refractivity contribution in [3.63, 3.8) is 0 Å². The molecule has 0 unspecified atom stereocenters. The molecule has 0 saturated carbocycles. The van der Waals surface area contributed by atoms with Crippen molar-refractivity contribution in [2.45, 2.75) is 0 Å². The number of rotatable bonds is 4. The monoisotopic (exact) mass is 286 g/mol. The third-order valence-corrected chi connectivity index (χ3v) is 2.77. The first kappa shape index (κ1) is 14.5. The molecule has 6 nitrogen and oxygen atoms in total. The van der Waals surface area contributed by atoms with Crippen molar-refractivity contribution in [2.75, 3.05) is 14.2 Å². The predicted octanol–water partition coefficient (Wildman–Crippen LogP) is 1.74. The van der Waals surface area contributed by atoms with Gasteiger partial charge in [-0.05, 0) is 17.7 Å². The zero-order valence-electron chi connectivity index (χ0n) is 11.6. The van der Waals surface area contributed by atoms with Gasteiger partial charge in [0, 0.05) is 18.5 Å². The maximum atomic E-state index is 12.0. The van der Waals surface area contributed by atoms with Gasteiger partial charge in [0.25, 0.3) is 0 Å². The van der Waals surface area contributed by atoms with Gasteiger partial charge in [0.2, 0.25) is 5.43 Å². The predicted molar refractivity (Wildman–Crippen MR) is 78.1 cm³/mol. The summed E-state index contributed by atoms with van der Waals surface area (Å²) in [5.41, 5.74) is 0.605. The number of carbonyl (C=O) groups excluding carboxylic acids is 1. The Morgan fingerprint density at radius 3 is 2.76 bits per heavy atom. The number of nitrogens with one attached hydrogen (secondary N) is 1. The molecule has 6 heteroatoms. The number of methoxy groups -OCH3 is 2. The molecule has 0 radical (unpaired) electrons. The Hall–Kier alpha value is -2.89. The quantitative estimate of drug-likeness (QED) is 0.866. The smallest absolute Gasteiger partial charge is 0.344 e. The number of hydrogen-bond acceptors (Lipinski definition) is 5. The average molecular weight is 286 g/mol. The molecule has 108 valence electrons. The summed E-state index contributed by atoms with van der Waals surface area (Å²) in [6, 6.07) is 4.84. The summed E-state index contributed by atoms with van der Waals surface area (Å²) in [7, 11) is 2.65. The Balaban J connectivity index is 2.50. The highest BCUT2D eigenvalue weighted by Crippen LogP contribution is 2.13. The number of pyridine rings is 2. The van der Waals surface area contributed by atoms with Crippen molar-refractivity contribution < 1.29 is 14.3 Å². The summed E-state index contributed by atoms with van der Waals surface area (Å²) in [6.07, 6.45) is 6.65. The van der Waals surface area contributed by atoms with Crippen LogP contribution in [-0.2, 0) is 4.74 Å². The normalized spacial score (nSPS) is 10.6. The summed E-state index contributed by atoms with van der Waals surface area (Å²) in [5.74, 6) is -0.441. The van der Waals surface area contributed by atoms with Crippen molar-refractivity contribution in [3.8, 4) is 5.88 Å². The molecule has 21 heavy (non-hydrogen) atoms. The van der Waals surface area contributed by atoms with E-state index in [0.717, 1.165) is 5.56 Å². The van der Waals surface area contributed by atoms with E-state index in [2.05, 4.69) is 14.7 Å². The lowest BCUT2D eigenvalue weighted by atomic mass is 10.1. The van der Waals surface area contributed by atoms with Crippen LogP contribution in [0.2, 0.25) is 0 Å². The van der Waals surface area contributed by atoms with Gasteiger partial charge in [-0.15, -0.1) is 0 Å². The lowest BCUT2D eigenvalue weighted by Crippen LogP contribution is -2.19. The highest BCUT2D eigenvalue weighted by atomic mass is 16.5. The molecule has 2 rings (SSSR count). The third kappa shape index (κ3) is 3.36. The Morgan fingerprint density at radius 2 is 2.14 bits per heavy atom. The van der Waals surface area contributed by atoms with Crippen molar-refractivity contribution in [1.82, 2.24) is 9.97 Å². The van der Waals surface area contributed by atoms with Crippen molar-refractivity contribution >= 4 is 18.1 Å². The largest absolute Gasteiger partial charge is 0.482 e. The lowest BCUT2D eigenvalue weighted by Gasteiger charge is -2.06. The molecule has 0 aliphatic rings. The van der Waals surface area contributed by atoms with E-state index in [1.807, 2.05) is 6.07 Å². The zero-order chi connectivity index (χ0) is 15.2. The topological polar surface area (TPSA) is 81.3 Å². The minimum atomic E-state index is -0.704. The van der Waals surface area contributed by atoms with Gasteiger partial charge in [-0.2, -0.15) is 0 Å². The fourth-order valence-electron chi connectivity index (χ4n) is 1.76. The van der Waals surface area contributed by atoms with Crippen molar-refractivity contribution in [2.24, 2.45) is 0 Å². The van der Waals surface area contributed by atoms with Crippen LogP contribution in [0.4, 0.5) is 0 Å². The molecular formula is C15H14N2O4. The maximum Gasteiger partial charge on any atom is 0.344 e. The molecule has 0 spiro atoms. The summed E-state index contributed by atoms with van der Waals surface area (Å²) >= 11 is 0. The van der Waals surface area contributed by atoms with E-state index in [1.54, 1.807) is 30.6 Å². The number of hydrogen-bond donors (Lipinski definition) is 1. The Labute approximate surface area is 121 Å². The summed E-state index contributed by atoms with van der Waals surface area (Å²) in [5, 5.41) is 0. The Bertz CT molecular complexity index is 720. The standard InChI is InChI=1S/C15H14N2O4/c1-20-13-8-12(18)14(15(19)21-2)11(17-13)6-5-10-4-3-7-16-9-10/h3-9H,1-2H3,(H,17,18)/b6-5-. The van der Waals surface area contributed by atoms with E-state index in [0.29, 0.717) is 5.69 Å². The van der Waals surface area contributed by atoms with Crippen LogP contribution in [0.25, 0.3) is 12.2 Å². The molecule has 0 bridgehead atoms. The van der Waals surface area contributed by atoms with Crippen LogP contribution in [-0.4, -0.2) is 30.2 Å². The Kier molecular flexibility index (Phi) is 4.50. The fraction of sp³-hybridized carbons (Fsp3) is 0.133. The van der Waals surface area contributed by atoms with Crippen LogP contribution in [0.5, 0.6) is 5.88 Å². The van der Waals surface area contributed by atoms with Crippen LogP contribution < -0.4 is 10.2 Å². The van der Waals surface area contributed by atoms with Gasteiger partial charge in [-0.1, -0.05) is 12.1 Å². The number of aromatic amines is 1. The first-order valence-corrected chi connectivity index (χ1v) is 6.13. The molecule has 0 amide bonds. The van der Waals surface area contributed by atoms with Gasteiger partial charge >= 0.3 is 5.97 Å². The fourth-order valence-corrected chi connectivity index (χ4v) is 1.76. The van der Waals surface area contributed by atoms with Crippen LogP contribution in [0.15, 0.2) is 35.4 Å². The summed E-state index contributed by atoms with van der Waals surface area (Å²) < 4.78 is 9.64. The first-order chi connectivity index (χ1) is 10.2.